The number of ether oxygens (including phenoxy) is 1. The van der Waals surface area contributed by atoms with Gasteiger partial charge < -0.3 is 9.84 Å². The van der Waals surface area contributed by atoms with Crippen LogP contribution in [-0.4, -0.2) is 47.7 Å². The molecule has 2 heterocycles. The largest absolute Gasteiger partial charge is 0.497 e. The highest BCUT2D eigenvalue weighted by Gasteiger charge is 2.43. The molecule has 35 heavy (non-hydrogen) atoms. The van der Waals surface area contributed by atoms with Gasteiger partial charge in [-0.3, -0.25) is 14.7 Å². The van der Waals surface area contributed by atoms with Gasteiger partial charge in [0, 0.05) is 28.5 Å². The van der Waals surface area contributed by atoms with Crippen LogP contribution in [0.3, 0.4) is 0 Å². The third kappa shape index (κ3) is 5.77. The van der Waals surface area contributed by atoms with Crippen LogP contribution >= 0.6 is 23.2 Å². The second-order valence-corrected chi connectivity index (χ2v) is 9.80. The maximum absolute atomic E-state index is 14.7. The minimum atomic E-state index is -0.849. The summed E-state index contributed by atoms with van der Waals surface area (Å²) in [6, 6.07) is 10.7. The third-order valence-corrected chi connectivity index (χ3v) is 7.30. The molecule has 1 aromatic heterocycles. The van der Waals surface area contributed by atoms with Gasteiger partial charge in [-0.15, -0.1) is 0 Å². The Labute approximate surface area is 214 Å². The van der Waals surface area contributed by atoms with E-state index in [2.05, 4.69) is 9.88 Å². The monoisotopic (exact) mass is 516 g/mol. The van der Waals surface area contributed by atoms with Crippen LogP contribution < -0.4 is 4.74 Å². The highest BCUT2D eigenvalue weighted by molar-refractivity contribution is 6.34. The van der Waals surface area contributed by atoms with E-state index in [1.165, 1.54) is 6.20 Å². The summed E-state index contributed by atoms with van der Waals surface area (Å²) in [4.78, 5) is 18.6. The van der Waals surface area contributed by atoms with E-state index in [9.17, 15) is 14.3 Å². The Morgan fingerprint density at radius 2 is 2.11 bits per heavy atom. The first-order valence-corrected chi connectivity index (χ1v) is 12.3. The van der Waals surface area contributed by atoms with Crippen molar-refractivity contribution in [3.8, 4) is 5.75 Å². The number of nitrogens with zero attached hydrogens (tertiary/aromatic N) is 2. The zero-order valence-electron chi connectivity index (χ0n) is 19.4. The molecular formula is C27H27Cl2FN2O3. The molecule has 1 atom stereocenters. The molecule has 0 bridgehead atoms. The van der Waals surface area contributed by atoms with Crippen LogP contribution in [0.25, 0.3) is 17.0 Å². The van der Waals surface area contributed by atoms with Crippen molar-refractivity contribution >= 4 is 46.2 Å². The number of likely N-dealkylation sites (tertiary alicyclic amines) is 1. The van der Waals surface area contributed by atoms with E-state index in [-0.39, 0.29) is 5.82 Å². The molecule has 3 aromatic rings. The van der Waals surface area contributed by atoms with Crippen molar-refractivity contribution in [1.29, 1.82) is 0 Å². The molecule has 1 unspecified atom stereocenters. The van der Waals surface area contributed by atoms with Crippen molar-refractivity contribution in [2.45, 2.75) is 25.7 Å². The molecule has 2 aromatic carbocycles. The Morgan fingerprint density at radius 3 is 2.89 bits per heavy atom. The smallest absolute Gasteiger partial charge is 0.310 e. The molecule has 1 fully saturated rings. The maximum atomic E-state index is 14.7. The standard InChI is InChI=1S/C27H27Cl2FN2O3/c1-35-20-7-9-25-22(15-20)21(24(30)16-31-25)5-2-10-27(26(33)34)11-13-32(17-27)12-3-4-18-14-19(28)6-8-23(18)29/h3-4,6-9,14-16H,2,5,10-13,17H2,1H3,(H,33,34). The van der Waals surface area contributed by atoms with E-state index < -0.39 is 11.4 Å². The summed E-state index contributed by atoms with van der Waals surface area (Å²) in [6.07, 6.45) is 7.12. The van der Waals surface area contributed by atoms with E-state index in [0.29, 0.717) is 77.6 Å². The van der Waals surface area contributed by atoms with E-state index in [1.54, 1.807) is 43.5 Å². The van der Waals surface area contributed by atoms with Gasteiger partial charge in [0.15, 0.2) is 0 Å². The van der Waals surface area contributed by atoms with Gasteiger partial charge in [0.1, 0.15) is 11.6 Å². The molecule has 184 valence electrons. The minimum absolute atomic E-state index is 0.381. The van der Waals surface area contributed by atoms with Crippen molar-refractivity contribution in [2.24, 2.45) is 5.41 Å². The van der Waals surface area contributed by atoms with Crippen LogP contribution in [0, 0.1) is 11.2 Å². The lowest BCUT2D eigenvalue weighted by atomic mass is 9.81. The van der Waals surface area contributed by atoms with Gasteiger partial charge in [-0.05, 0) is 79.8 Å². The molecule has 0 spiro atoms. The average Bonchev–Trinajstić information content (AvgIpc) is 3.27. The Balaban J connectivity index is 1.41. The highest BCUT2D eigenvalue weighted by Crippen LogP contribution is 2.37. The molecule has 0 amide bonds. The fraction of sp³-hybridized carbons (Fsp3) is 0.333. The Morgan fingerprint density at radius 1 is 1.29 bits per heavy atom. The minimum Gasteiger partial charge on any atom is -0.497 e. The molecular weight excluding hydrogens is 490 g/mol. The number of rotatable bonds is 9. The lowest BCUT2D eigenvalue weighted by molar-refractivity contribution is -0.148. The number of fused-ring (bicyclic) bond motifs is 1. The number of halogens is 3. The maximum Gasteiger partial charge on any atom is 0.310 e. The number of benzene rings is 2. The highest BCUT2D eigenvalue weighted by atomic mass is 35.5. The number of pyridine rings is 1. The number of aryl methyl sites for hydroxylation is 1. The average molecular weight is 517 g/mol. The molecule has 0 saturated carbocycles. The Hall–Kier alpha value is -2.67. The molecule has 0 aliphatic carbocycles. The summed E-state index contributed by atoms with van der Waals surface area (Å²) in [5.41, 5.74) is 1.21. The predicted octanol–water partition coefficient (Wildman–Crippen LogP) is 6.50. The van der Waals surface area contributed by atoms with Crippen molar-refractivity contribution in [1.82, 2.24) is 9.88 Å². The molecule has 4 rings (SSSR count). The van der Waals surface area contributed by atoms with Gasteiger partial charge in [0.05, 0.1) is 24.2 Å². The molecule has 8 heteroatoms. The molecule has 1 aliphatic rings. The van der Waals surface area contributed by atoms with Crippen LogP contribution in [-0.2, 0) is 11.2 Å². The molecule has 1 N–H and O–H groups in total. The number of carboxylic acid groups (broad SMARTS) is 1. The van der Waals surface area contributed by atoms with Gasteiger partial charge >= 0.3 is 5.97 Å². The van der Waals surface area contributed by atoms with E-state index in [1.807, 2.05) is 12.2 Å². The number of aromatic nitrogens is 1. The van der Waals surface area contributed by atoms with Crippen LogP contribution in [0.15, 0.2) is 48.7 Å². The van der Waals surface area contributed by atoms with E-state index in [4.69, 9.17) is 27.9 Å². The van der Waals surface area contributed by atoms with Gasteiger partial charge in [0.2, 0.25) is 0 Å². The summed E-state index contributed by atoms with van der Waals surface area (Å²) in [5.74, 6) is -0.553. The summed E-state index contributed by atoms with van der Waals surface area (Å²) in [5, 5.41) is 12.0. The molecule has 0 radical (unpaired) electrons. The second kappa shape index (κ2) is 10.9. The summed E-state index contributed by atoms with van der Waals surface area (Å²) < 4.78 is 19.9. The summed E-state index contributed by atoms with van der Waals surface area (Å²) in [6.45, 7) is 1.74. The summed E-state index contributed by atoms with van der Waals surface area (Å²) in [7, 11) is 1.56. The van der Waals surface area contributed by atoms with Crippen LogP contribution in [0.5, 0.6) is 5.75 Å². The molecule has 1 saturated heterocycles. The number of methoxy groups -OCH3 is 1. The third-order valence-electron chi connectivity index (χ3n) is 6.72. The van der Waals surface area contributed by atoms with Gasteiger partial charge in [-0.25, -0.2) is 4.39 Å². The zero-order chi connectivity index (χ0) is 25.0. The quantitative estimate of drug-likeness (QED) is 0.351. The van der Waals surface area contributed by atoms with Crippen molar-refractivity contribution in [3.63, 3.8) is 0 Å². The molecule has 5 nitrogen and oxygen atoms in total. The Kier molecular flexibility index (Phi) is 7.95. The Bertz CT molecular complexity index is 1270. The SMILES string of the molecule is COc1ccc2ncc(F)c(CCCC3(C(=O)O)CCN(CC=Cc4cc(Cl)ccc4Cl)C3)c2c1. The second-order valence-electron chi connectivity index (χ2n) is 8.96. The number of carbonyl (C=O) groups is 1. The first kappa shape index (κ1) is 25.4. The zero-order valence-corrected chi connectivity index (χ0v) is 20.9. The van der Waals surface area contributed by atoms with Gasteiger partial charge in [-0.2, -0.15) is 0 Å². The fourth-order valence-corrected chi connectivity index (χ4v) is 5.12. The lowest BCUT2D eigenvalue weighted by Crippen LogP contribution is -2.35. The summed E-state index contributed by atoms with van der Waals surface area (Å²) >= 11 is 12.3. The van der Waals surface area contributed by atoms with Crippen molar-refractivity contribution < 1.29 is 19.0 Å². The topological polar surface area (TPSA) is 62.7 Å². The number of hydrogen-bond donors (Lipinski definition) is 1. The van der Waals surface area contributed by atoms with Crippen LogP contribution in [0.4, 0.5) is 4.39 Å². The number of aliphatic carboxylic acids is 1. The van der Waals surface area contributed by atoms with Crippen LogP contribution in [0.1, 0.15) is 30.4 Å². The lowest BCUT2D eigenvalue weighted by Gasteiger charge is -2.24. The first-order chi connectivity index (χ1) is 16.8. The van der Waals surface area contributed by atoms with Gasteiger partial charge in [0.25, 0.3) is 0 Å². The van der Waals surface area contributed by atoms with E-state index >= 15 is 0 Å². The van der Waals surface area contributed by atoms with Crippen molar-refractivity contribution in [2.75, 3.05) is 26.7 Å². The fourth-order valence-electron chi connectivity index (χ4n) is 4.76. The molecule has 1 aliphatic heterocycles. The predicted molar refractivity (Wildman–Crippen MR) is 138 cm³/mol. The normalized spacial score (nSPS) is 18.5. The van der Waals surface area contributed by atoms with Gasteiger partial charge in [-0.1, -0.05) is 35.4 Å². The number of hydrogen-bond acceptors (Lipinski definition) is 4. The van der Waals surface area contributed by atoms with Crippen molar-refractivity contribution in [3.05, 3.63) is 75.7 Å². The van der Waals surface area contributed by atoms with E-state index in [0.717, 1.165) is 5.56 Å². The number of carboxylic acids is 1. The van der Waals surface area contributed by atoms with Crippen LogP contribution in [0.2, 0.25) is 10.0 Å². The first-order valence-electron chi connectivity index (χ1n) is 11.5.